The smallest absolute Gasteiger partial charge is 0.141 e. The SMILES string of the molecule is NC(c1ccc(F)c(Cl)c1)c1ccccc1F. The van der Waals surface area contributed by atoms with Crippen LogP contribution in [-0.2, 0) is 0 Å². The predicted octanol–water partition coefficient (Wildman–Crippen LogP) is 3.67. The minimum absolute atomic E-state index is 0.0192. The lowest BCUT2D eigenvalue weighted by Gasteiger charge is -2.13. The van der Waals surface area contributed by atoms with E-state index in [1.807, 2.05) is 0 Å². The first-order valence-corrected chi connectivity index (χ1v) is 5.42. The van der Waals surface area contributed by atoms with Crippen molar-refractivity contribution in [3.05, 3.63) is 70.2 Å². The highest BCUT2D eigenvalue weighted by Gasteiger charge is 2.14. The lowest BCUT2D eigenvalue weighted by atomic mass is 9.99. The molecule has 17 heavy (non-hydrogen) atoms. The van der Waals surface area contributed by atoms with E-state index in [0.29, 0.717) is 11.1 Å². The van der Waals surface area contributed by atoms with E-state index in [-0.39, 0.29) is 10.8 Å². The van der Waals surface area contributed by atoms with Crippen molar-refractivity contribution in [3.8, 4) is 0 Å². The van der Waals surface area contributed by atoms with Crippen molar-refractivity contribution in [2.45, 2.75) is 6.04 Å². The number of nitrogens with two attached hydrogens (primary N) is 1. The minimum atomic E-state index is -0.658. The number of benzene rings is 2. The third-order valence-corrected chi connectivity index (χ3v) is 2.83. The molecular weight excluding hydrogens is 244 g/mol. The maximum atomic E-state index is 13.5. The zero-order valence-electron chi connectivity index (χ0n) is 8.83. The summed E-state index contributed by atoms with van der Waals surface area (Å²) in [5, 5.41) is -0.0192. The van der Waals surface area contributed by atoms with E-state index in [9.17, 15) is 8.78 Å². The van der Waals surface area contributed by atoms with E-state index in [0.717, 1.165) is 0 Å². The van der Waals surface area contributed by atoms with Gasteiger partial charge in [0.2, 0.25) is 0 Å². The van der Waals surface area contributed by atoms with E-state index in [1.165, 1.54) is 24.3 Å². The van der Waals surface area contributed by atoms with E-state index in [4.69, 9.17) is 17.3 Å². The number of hydrogen-bond acceptors (Lipinski definition) is 1. The number of halogens is 3. The van der Waals surface area contributed by atoms with Crippen LogP contribution in [0.25, 0.3) is 0 Å². The van der Waals surface area contributed by atoms with Crippen molar-refractivity contribution in [1.29, 1.82) is 0 Å². The van der Waals surface area contributed by atoms with Crippen molar-refractivity contribution in [2.24, 2.45) is 5.73 Å². The van der Waals surface area contributed by atoms with Gasteiger partial charge >= 0.3 is 0 Å². The van der Waals surface area contributed by atoms with Crippen LogP contribution < -0.4 is 5.73 Å². The zero-order chi connectivity index (χ0) is 12.4. The van der Waals surface area contributed by atoms with Crippen molar-refractivity contribution < 1.29 is 8.78 Å². The van der Waals surface area contributed by atoms with Crippen molar-refractivity contribution in [2.75, 3.05) is 0 Å². The fourth-order valence-electron chi connectivity index (χ4n) is 1.61. The molecule has 0 saturated heterocycles. The molecule has 0 aliphatic rings. The molecule has 0 aromatic heterocycles. The van der Waals surface area contributed by atoms with Crippen LogP contribution in [0.4, 0.5) is 8.78 Å². The van der Waals surface area contributed by atoms with Gasteiger partial charge in [-0.1, -0.05) is 35.9 Å². The van der Waals surface area contributed by atoms with Gasteiger partial charge in [-0.05, 0) is 23.8 Å². The highest BCUT2D eigenvalue weighted by atomic mass is 35.5. The average Bonchev–Trinajstić information content (AvgIpc) is 2.32. The largest absolute Gasteiger partial charge is 0.320 e. The highest BCUT2D eigenvalue weighted by molar-refractivity contribution is 6.30. The second-order valence-electron chi connectivity index (χ2n) is 3.67. The number of rotatable bonds is 2. The molecule has 0 fully saturated rings. The molecule has 0 aliphatic heterocycles. The lowest BCUT2D eigenvalue weighted by molar-refractivity contribution is 0.598. The first kappa shape index (κ1) is 12.0. The van der Waals surface area contributed by atoms with Gasteiger partial charge in [0.15, 0.2) is 0 Å². The van der Waals surface area contributed by atoms with E-state index in [2.05, 4.69) is 0 Å². The van der Waals surface area contributed by atoms with Crippen LogP contribution in [0.3, 0.4) is 0 Å². The Balaban J connectivity index is 2.40. The predicted molar refractivity (Wildman–Crippen MR) is 63.8 cm³/mol. The molecule has 1 nitrogen and oxygen atoms in total. The van der Waals surface area contributed by atoms with Crippen LogP contribution >= 0.6 is 11.6 Å². The Labute approximate surface area is 103 Å². The van der Waals surface area contributed by atoms with Gasteiger partial charge in [0.1, 0.15) is 11.6 Å². The maximum Gasteiger partial charge on any atom is 0.141 e. The van der Waals surface area contributed by atoms with Crippen molar-refractivity contribution in [3.63, 3.8) is 0 Å². The van der Waals surface area contributed by atoms with E-state index >= 15 is 0 Å². The van der Waals surface area contributed by atoms with E-state index < -0.39 is 11.9 Å². The molecule has 1 atom stereocenters. The molecule has 0 amide bonds. The van der Waals surface area contributed by atoms with Gasteiger partial charge < -0.3 is 5.73 Å². The monoisotopic (exact) mass is 253 g/mol. The van der Waals surface area contributed by atoms with Gasteiger partial charge in [-0.15, -0.1) is 0 Å². The van der Waals surface area contributed by atoms with E-state index in [1.54, 1.807) is 18.2 Å². The van der Waals surface area contributed by atoms with Gasteiger partial charge in [-0.2, -0.15) is 0 Å². The Kier molecular flexibility index (Phi) is 3.41. The fourth-order valence-corrected chi connectivity index (χ4v) is 1.80. The lowest BCUT2D eigenvalue weighted by Crippen LogP contribution is -2.13. The molecule has 4 heteroatoms. The zero-order valence-corrected chi connectivity index (χ0v) is 9.59. The summed E-state index contributed by atoms with van der Waals surface area (Å²) < 4.78 is 26.5. The first-order chi connectivity index (χ1) is 8.09. The number of hydrogen-bond donors (Lipinski definition) is 1. The summed E-state index contributed by atoms with van der Waals surface area (Å²) in [5.74, 6) is -0.906. The van der Waals surface area contributed by atoms with Crippen molar-refractivity contribution >= 4 is 11.6 Å². The second kappa shape index (κ2) is 4.82. The fraction of sp³-hybridized carbons (Fsp3) is 0.0769. The van der Waals surface area contributed by atoms with Crippen LogP contribution in [0.2, 0.25) is 5.02 Å². The molecule has 2 aromatic carbocycles. The molecule has 0 heterocycles. The van der Waals surface area contributed by atoms with Gasteiger partial charge in [-0.3, -0.25) is 0 Å². The van der Waals surface area contributed by atoms with Crippen LogP contribution in [0.15, 0.2) is 42.5 Å². The van der Waals surface area contributed by atoms with Crippen molar-refractivity contribution in [1.82, 2.24) is 0 Å². The summed E-state index contributed by atoms with van der Waals surface area (Å²) in [6.45, 7) is 0. The van der Waals surface area contributed by atoms with Crippen LogP contribution in [0, 0.1) is 11.6 Å². The summed E-state index contributed by atoms with van der Waals surface area (Å²) in [5.41, 5.74) is 6.84. The third kappa shape index (κ3) is 2.46. The van der Waals surface area contributed by atoms with Gasteiger partial charge in [-0.25, -0.2) is 8.78 Å². The van der Waals surface area contributed by atoms with Crippen LogP contribution in [0.5, 0.6) is 0 Å². The molecule has 1 unspecified atom stereocenters. The minimum Gasteiger partial charge on any atom is -0.320 e. The Morgan fingerprint density at radius 2 is 1.71 bits per heavy atom. The van der Waals surface area contributed by atoms with Crippen LogP contribution in [0.1, 0.15) is 17.2 Å². The molecular formula is C13H10ClF2N. The standard InChI is InChI=1S/C13H10ClF2N/c14-10-7-8(5-6-12(10)16)13(17)9-3-1-2-4-11(9)15/h1-7,13H,17H2. The molecule has 88 valence electrons. The molecule has 0 saturated carbocycles. The summed E-state index contributed by atoms with van der Waals surface area (Å²) >= 11 is 5.66. The maximum absolute atomic E-state index is 13.5. The molecule has 0 bridgehead atoms. The first-order valence-electron chi connectivity index (χ1n) is 5.04. The molecule has 0 aliphatic carbocycles. The summed E-state index contributed by atoms with van der Waals surface area (Å²) in [4.78, 5) is 0. The Morgan fingerprint density at radius 1 is 1.00 bits per heavy atom. The third-order valence-electron chi connectivity index (χ3n) is 2.54. The summed E-state index contributed by atoms with van der Waals surface area (Å²) in [6, 6.07) is 9.68. The average molecular weight is 254 g/mol. The Bertz CT molecular complexity index is 543. The molecule has 0 spiro atoms. The van der Waals surface area contributed by atoms with Gasteiger partial charge in [0.25, 0.3) is 0 Å². The van der Waals surface area contributed by atoms with Gasteiger partial charge in [0.05, 0.1) is 11.1 Å². The Hall–Kier alpha value is -1.45. The molecule has 2 rings (SSSR count). The Morgan fingerprint density at radius 3 is 2.35 bits per heavy atom. The second-order valence-corrected chi connectivity index (χ2v) is 4.08. The summed E-state index contributed by atoms with van der Waals surface area (Å²) in [7, 11) is 0. The summed E-state index contributed by atoms with van der Waals surface area (Å²) in [6.07, 6.45) is 0. The highest BCUT2D eigenvalue weighted by Crippen LogP contribution is 2.25. The normalized spacial score (nSPS) is 12.5. The molecule has 2 N–H and O–H groups in total. The molecule has 0 radical (unpaired) electrons. The quantitative estimate of drug-likeness (QED) is 0.868. The topological polar surface area (TPSA) is 26.0 Å². The molecule has 2 aromatic rings. The van der Waals surface area contributed by atoms with Gasteiger partial charge in [0, 0.05) is 5.56 Å². The van der Waals surface area contributed by atoms with Crippen LogP contribution in [-0.4, -0.2) is 0 Å².